The maximum atomic E-state index is 8.93. The van der Waals surface area contributed by atoms with Crippen LogP contribution in [0.5, 0.6) is 0 Å². The third-order valence-electron chi connectivity index (χ3n) is 2.16. The van der Waals surface area contributed by atoms with E-state index in [0.717, 1.165) is 10.0 Å². The number of halogens is 1. The summed E-state index contributed by atoms with van der Waals surface area (Å²) in [5.41, 5.74) is 6.98. The van der Waals surface area contributed by atoms with Gasteiger partial charge in [-0.15, -0.1) is 0 Å². The first-order valence-electron chi connectivity index (χ1n) is 4.27. The molecule has 0 spiro atoms. The first-order valence-corrected chi connectivity index (χ1v) is 5.06. The van der Waals surface area contributed by atoms with Gasteiger partial charge in [-0.3, -0.25) is 0 Å². The van der Waals surface area contributed by atoms with Crippen molar-refractivity contribution in [1.29, 1.82) is 0 Å². The maximum Gasteiger partial charge on any atom is 0.0474 e. The number of rotatable bonds is 3. The third-order valence-corrected chi connectivity index (χ3v) is 2.68. The van der Waals surface area contributed by atoms with Crippen LogP contribution >= 0.6 is 15.9 Å². The quantitative estimate of drug-likeness (QED) is 0.855. The molecule has 0 fully saturated rings. The van der Waals surface area contributed by atoms with E-state index < -0.39 is 0 Å². The molecule has 0 aromatic heterocycles. The van der Waals surface area contributed by atoms with Crippen LogP contribution < -0.4 is 5.73 Å². The van der Waals surface area contributed by atoms with Gasteiger partial charge in [-0.05, 0) is 23.6 Å². The van der Waals surface area contributed by atoms with Gasteiger partial charge in [0.2, 0.25) is 0 Å². The van der Waals surface area contributed by atoms with E-state index in [0.29, 0.717) is 0 Å². The fraction of sp³-hybridized carbons (Fsp3) is 0.400. The van der Waals surface area contributed by atoms with Crippen molar-refractivity contribution in [1.82, 2.24) is 0 Å². The summed E-state index contributed by atoms with van der Waals surface area (Å²) in [6, 6.07) is 7.78. The molecule has 0 aliphatic heterocycles. The van der Waals surface area contributed by atoms with Crippen LogP contribution in [-0.4, -0.2) is 11.7 Å². The number of hydrogen-bond acceptors (Lipinski definition) is 2. The molecule has 0 saturated heterocycles. The van der Waals surface area contributed by atoms with E-state index in [-0.39, 0.29) is 18.6 Å². The lowest BCUT2D eigenvalue weighted by molar-refractivity contribution is 0.217. The molecule has 3 heteroatoms. The number of hydrogen-bond donors (Lipinski definition) is 2. The standard InChI is InChI=1S/C10H14BrNO/c1-7(6-13)10(12)8-2-4-9(11)5-3-8/h2-5,7,10,13H,6,12H2,1H3/t7-,10-/m0/s1. The van der Waals surface area contributed by atoms with Gasteiger partial charge < -0.3 is 10.8 Å². The predicted molar refractivity (Wildman–Crippen MR) is 57.3 cm³/mol. The molecule has 1 rings (SSSR count). The van der Waals surface area contributed by atoms with E-state index in [1.54, 1.807) is 0 Å². The summed E-state index contributed by atoms with van der Waals surface area (Å²) in [5, 5.41) is 8.93. The highest BCUT2D eigenvalue weighted by Gasteiger charge is 2.13. The molecule has 0 aliphatic rings. The van der Waals surface area contributed by atoms with Gasteiger partial charge in [0.15, 0.2) is 0 Å². The Kier molecular flexibility index (Phi) is 3.90. The van der Waals surface area contributed by atoms with E-state index >= 15 is 0 Å². The summed E-state index contributed by atoms with van der Waals surface area (Å²) in [5.74, 6) is 0.0983. The van der Waals surface area contributed by atoms with Crippen LogP contribution in [-0.2, 0) is 0 Å². The van der Waals surface area contributed by atoms with Crippen LogP contribution in [0.3, 0.4) is 0 Å². The van der Waals surface area contributed by atoms with Gasteiger partial charge in [-0.2, -0.15) is 0 Å². The van der Waals surface area contributed by atoms with Crippen molar-refractivity contribution in [2.45, 2.75) is 13.0 Å². The minimum Gasteiger partial charge on any atom is -0.396 e. The average molecular weight is 244 g/mol. The highest BCUT2D eigenvalue weighted by Crippen LogP contribution is 2.20. The van der Waals surface area contributed by atoms with Gasteiger partial charge in [0.1, 0.15) is 0 Å². The van der Waals surface area contributed by atoms with Crippen LogP contribution in [0, 0.1) is 5.92 Å². The SMILES string of the molecule is C[C@@H](CO)[C@H](N)c1ccc(Br)cc1. The molecule has 0 saturated carbocycles. The summed E-state index contributed by atoms with van der Waals surface area (Å²) in [7, 11) is 0. The van der Waals surface area contributed by atoms with Crippen LogP contribution in [0.1, 0.15) is 18.5 Å². The molecule has 1 aromatic rings. The van der Waals surface area contributed by atoms with Gasteiger partial charge in [0.05, 0.1) is 0 Å². The van der Waals surface area contributed by atoms with Crippen LogP contribution in [0.25, 0.3) is 0 Å². The zero-order valence-electron chi connectivity index (χ0n) is 7.57. The Labute approximate surface area is 86.9 Å². The van der Waals surface area contributed by atoms with Crippen molar-refractivity contribution in [3.63, 3.8) is 0 Å². The maximum absolute atomic E-state index is 8.93. The van der Waals surface area contributed by atoms with Crippen molar-refractivity contribution >= 4 is 15.9 Å². The monoisotopic (exact) mass is 243 g/mol. The van der Waals surface area contributed by atoms with E-state index in [2.05, 4.69) is 15.9 Å². The van der Waals surface area contributed by atoms with E-state index in [1.165, 1.54) is 0 Å². The highest BCUT2D eigenvalue weighted by molar-refractivity contribution is 9.10. The number of nitrogens with two attached hydrogens (primary N) is 1. The number of benzene rings is 1. The van der Waals surface area contributed by atoms with Crippen molar-refractivity contribution in [2.24, 2.45) is 11.7 Å². The molecule has 0 heterocycles. The molecule has 0 amide bonds. The zero-order valence-corrected chi connectivity index (χ0v) is 9.16. The molecule has 0 radical (unpaired) electrons. The Balaban J connectivity index is 2.77. The Hall–Kier alpha value is -0.380. The van der Waals surface area contributed by atoms with Crippen molar-refractivity contribution in [3.8, 4) is 0 Å². The van der Waals surface area contributed by atoms with Crippen LogP contribution in [0.2, 0.25) is 0 Å². The van der Waals surface area contributed by atoms with Gasteiger partial charge in [-0.25, -0.2) is 0 Å². The fourth-order valence-corrected chi connectivity index (χ4v) is 1.39. The Morgan fingerprint density at radius 2 is 1.92 bits per heavy atom. The molecule has 2 atom stereocenters. The number of aliphatic hydroxyl groups is 1. The molecule has 0 bridgehead atoms. The second-order valence-electron chi connectivity index (χ2n) is 3.24. The summed E-state index contributed by atoms with van der Waals surface area (Å²) in [6.45, 7) is 2.06. The summed E-state index contributed by atoms with van der Waals surface area (Å²) in [4.78, 5) is 0. The van der Waals surface area contributed by atoms with Crippen LogP contribution in [0.4, 0.5) is 0 Å². The van der Waals surface area contributed by atoms with Crippen LogP contribution in [0.15, 0.2) is 28.7 Å². The Bertz CT molecular complexity index is 260. The molecule has 3 N–H and O–H groups in total. The van der Waals surface area contributed by atoms with Gasteiger partial charge in [0, 0.05) is 17.1 Å². The summed E-state index contributed by atoms with van der Waals surface area (Å²) in [6.07, 6.45) is 0. The summed E-state index contributed by atoms with van der Waals surface area (Å²) < 4.78 is 1.04. The largest absolute Gasteiger partial charge is 0.396 e. The lowest BCUT2D eigenvalue weighted by Crippen LogP contribution is -2.21. The summed E-state index contributed by atoms with van der Waals surface area (Å²) >= 11 is 3.36. The molecule has 0 aliphatic carbocycles. The molecule has 1 aromatic carbocycles. The first-order chi connectivity index (χ1) is 6.15. The topological polar surface area (TPSA) is 46.2 Å². The predicted octanol–water partition coefficient (Wildman–Crippen LogP) is 2.08. The first kappa shape index (κ1) is 10.7. The average Bonchev–Trinajstić information content (AvgIpc) is 2.17. The van der Waals surface area contributed by atoms with E-state index in [9.17, 15) is 0 Å². The molecule has 2 nitrogen and oxygen atoms in total. The lowest BCUT2D eigenvalue weighted by Gasteiger charge is -2.17. The molecule has 72 valence electrons. The normalized spacial score (nSPS) is 15.4. The second kappa shape index (κ2) is 4.74. The van der Waals surface area contributed by atoms with Gasteiger partial charge >= 0.3 is 0 Å². The molecule has 13 heavy (non-hydrogen) atoms. The minimum atomic E-state index is -0.0851. The molecule has 0 unspecified atom stereocenters. The minimum absolute atomic E-state index is 0.0851. The van der Waals surface area contributed by atoms with Crippen molar-refractivity contribution < 1.29 is 5.11 Å². The Morgan fingerprint density at radius 1 is 1.38 bits per heavy atom. The van der Waals surface area contributed by atoms with E-state index in [4.69, 9.17) is 10.8 Å². The second-order valence-corrected chi connectivity index (χ2v) is 4.15. The van der Waals surface area contributed by atoms with Crippen molar-refractivity contribution in [3.05, 3.63) is 34.3 Å². The van der Waals surface area contributed by atoms with E-state index in [1.807, 2.05) is 31.2 Å². The molecular formula is C10H14BrNO. The van der Waals surface area contributed by atoms with Crippen molar-refractivity contribution in [2.75, 3.05) is 6.61 Å². The Morgan fingerprint density at radius 3 is 2.38 bits per heavy atom. The van der Waals surface area contributed by atoms with Gasteiger partial charge in [-0.1, -0.05) is 35.0 Å². The molecular weight excluding hydrogens is 230 g/mol. The lowest BCUT2D eigenvalue weighted by atomic mass is 9.96. The third kappa shape index (κ3) is 2.79. The zero-order chi connectivity index (χ0) is 9.84. The smallest absolute Gasteiger partial charge is 0.0474 e. The highest BCUT2D eigenvalue weighted by atomic mass is 79.9. The fourth-order valence-electron chi connectivity index (χ4n) is 1.13. The van der Waals surface area contributed by atoms with Gasteiger partial charge in [0.25, 0.3) is 0 Å². The number of aliphatic hydroxyl groups excluding tert-OH is 1.